The molecule has 10 heteroatoms. The molecule has 0 spiro atoms. The van der Waals surface area contributed by atoms with Crippen molar-refractivity contribution in [1.29, 1.82) is 0 Å². The number of nitrogens with zero attached hydrogens (tertiary/aromatic N) is 1. The zero-order valence-electron chi connectivity index (χ0n) is 19.3. The van der Waals surface area contributed by atoms with Gasteiger partial charge >= 0.3 is 0 Å². The van der Waals surface area contributed by atoms with Crippen molar-refractivity contribution < 1.29 is 27.4 Å². The van der Waals surface area contributed by atoms with Crippen LogP contribution in [0.4, 0.5) is 11.4 Å². The number of rotatable bonds is 9. The van der Waals surface area contributed by atoms with Crippen LogP contribution < -0.4 is 20.1 Å². The first kappa shape index (κ1) is 24.5. The lowest BCUT2D eigenvalue weighted by Gasteiger charge is -2.26. The van der Waals surface area contributed by atoms with Crippen molar-refractivity contribution in [3.63, 3.8) is 0 Å². The number of carbonyl (C=O) groups is 1. The SMILES string of the molecule is COc1ccccc1NC(=O)CNc1cc(S(=O)(=O)N2CCOCC2)ccc1Oc1ccccc1. The van der Waals surface area contributed by atoms with Crippen molar-refractivity contribution >= 4 is 27.3 Å². The van der Waals surface area contributed by atoms with Crippen LogP contribution in [0.2, 0.25) is 0 Å². The Labute approximate surface area is 204 Å². The molecule has 1 amide bonds. The third-order valence-corrected chi connectivity index (χ3v) is 7.24. The normalized spacial score (nSPS) is 14.2. The summed E-state index contributed by atoms with van der Waals surface area (Å²) in [7, 11) is -2.20. The molecule has 0 unspecified atom stereocenters. The fourth-order valence-corrected chi connectivity index (χ4v) is 5.00. The Balaban J connectivity index is 1.56. The monoisotopic (exact) mass is 497 g/mol. The Morgan fingerprint density at radius 1 is 0.943 bits per heavy atom. The first-order valence-corrected chi connectivity index (χ1v) is 12.5. The quantitative estimate of drug-likeness (QED) is 0.466. The van der Waals surface area contributed by atoms with Crippen LogP contribution in [0.1, 0.15) is 0 Å². The Kier molecular flexibility index (Phi) is 7.86. The highest BCUT2D eigenvalue weighted by molar-refractivity contribution is 7.89. The molecule has 9 nitrogen and oxygen atoms in total. The molecule has 0 bridgehead atoms. The van der Waals surface area contributed by atoms with Crippen LogP contribution in [-0.2, 0) is 19.6 Å². The van der Waals surface area contributed by atoms with E-state index in [-0.39, 0.29) is 30.4 Å². The average Bonchev–Trinajstić information content (AvgIpc) is 2.89. The van der Waals surface area contributed by atoms with Gasteiger partial charge in [-0.25, -0.2) is 8.42 Å². The lowest BCUT2D eigenvalue weighted by Crippen LogP contribution is -2.40. The van der Waals surface area contributed by atoms with Crippen molar-refractivity contribution in [2.24, 2.45) is 0 Å². The van der Waals surface area contributed by atoms with Gasteiger partial charge in [0.15, 0.2) is 5.75 Å². The second kappa shape index (κ2) is 11.2. The van der Waals surface area contributed by atoms with E-state index in [1.165, 1.54) is 23.5 Å². The first-order chi connectivity index (χ1) is 17.0. The molecule has 3 aromatic rings. The van der Waals surface area contributed by atoms with Crippen molar-refractivity contribution in [2.75, 3.05) is 50.6 Å². The Hall–Kier alpha value is -3.60. The summed E-state index contributed by atoms with van der Waals surface area (Å²) in [5, 5.41) is 5.81. The molecule has 0 atom stereocenters. The van der Waals surface area contributed by atoms with E-state index in [2.05, 4.69) is 10.6 Å². The minimum atomic E-state index is -3.73. The molecule has 1 saturated heterocycles. The average molecular weight is 498 g/mol. The summed E-state index contributed by atoms with van der Waals surface area (Å²) < 4.78 is 44.2. The van der Waals surface area contributed by atoms with Gasteiger partial charge < -0.3 is 24.8 Å². The molecule has 184 valence electrons. The predicted molar refractivity (Wildman–Crippen MR) is 133 cm³/mol. The summed E-state index contributed by atoms with van der Waals surface area (Å²) in [5.74, 6) is 1.18. The highest BCUT2D eigenvalue weighted by Gasteiger charge is 2.27. The number of amides is 1. The van der Waals surface area contributed by atoms with Crippen LogP contribution in [0.25, 0.3) is 0 Å². The number of anilines is 2. The minimum Gasteiger partial charge on any atom is -0.495 e. The summed E-state index contributed by atoms with van der Waals surface area (Å²) in [6, 6.07) is 20.8. The van der Waals surface area contributed by atoms with Gasteiger partial charge in [-0.05, 0) is 42.5 Å². The van der Waals surface area contributed by atoms with E-state index in [0.29, 0.717) is 41.8 Å². The van der Waals surface area contributed by atoms with E-state index < -0.39 is 10.0 Å². The first-order valence-electron chi connectivity index (χ1n) is 11.1. The van der Waals surface area contributed by atoms with Crippen molar-refractivity contribution in [3.8, 4) is 17.2 Å². The maximum absolute atomic E-state index is 13.2. The summed E-state index contributed by atoms with van der Waals surface area (Å²) in [6.45, 7) is 1.15. The van der Waals surface area contributed by atoms with Gasteiger partial charge in [-0.1, -0.05) is 30.3 Å². The summed E-state index contributed by atoms with van der Waals surface area (Å²) >= 11 is 0. The topological polar surface area (TPSA) is 106 Å². The lowest BCUT2D eigenvalue weighted by molar-refractivity contribution is -0.114. The van der Waals surface area contributed by atoms with Crippen LogP contribution in [0.15, 0.2) is 77.7 Å². The Bertz CT molecular complexity index is 1260. The van der Waals surface area contributed by atoms with E-state index in [1.807, 2.05) is 18.2 Å². The molecule has 0 radical (unpaired) electrons. The van der Waals surface area contributed by atoms with Crippen LogP contribution in [-0.4, -0.2) is 58.6 Å². The standard InChI is InChI=1S/C25H27N3O6S/c1-32-23-10-6-5-9-21(23)27-25(29)18-26-22-17-20(35(30,31)28-13-15-33-16-14-28)11-12-24(22)34-19-7-3-2-4-8-19/h2-12,17,26H,13-16,18H2,1H3,(H,27,29). The number of para-hydroxylation sites is 3. The summed E-state index contributed by atoms with van der Waals surface area (Å²) in [5.41, 5.74) is 0.907. The van der Waals surface area contributed by atoms with E-state index in [0.717, 1.165) is 0 Å². The highest BCUT2D eigenvalue weighted by atomic mass is 32.2. The van der Waals surface area contributed by atoms with Gasteiger partial charge in [0.25, 0.3) is 0 Å². The molecule has 2 N–H and O–H groups in total. The minimum absolute atomic E-state index is 0.104. The van der Waals surface area contributed by atoms with Crippen LogP contribution in [0.5, 0.6) is 17.2 Å². The molecule has 3 aromatic carbocycles. The molecule has 1 aliphatic heterocycles. The predicted octanol–water partition coefficient (Wildman–Crippen LogP) is 3.56. The van der Waals surface area contributed by atoms with Crippen molar-refractivity contribution in [3.05, 3.63) is 72.8 Å². The number of nitrogens with one attached hydrogen (secondary N) is 2. The largest absolute Gasteiger partial charge is 0.495 e. The number of morpholine rings is 1. The van der Waals surface area contributed by atoms with Gasteiger partial charge in [0.1, 0.15) is 11.5 Å². The zero-order chi connectivity index (χ0) is 24.7. The second-order valence-corrected chi connectivity index (χ2v) is 9.63. The highest BCUT2D eigenvalue weighted by Crippen LogP contribution is 2.33. The maximum atomic E-state index is 13.2. The number of carbonyl (C=O) groups excluding carboxylic acids is 1. The molecule has 0 aliphatic carbocycles. The number of benzene rings is 3. The molecule has 1 aliphatic rings. The van der Waals surface area contributed by atoms with Crippen molar-refractivity contribution in [2.45, 2.75) is 4.90 Å². The maximum Gasteiger partial charge on any atom is 0.243 e. The number of hydrogen-bond acceptors (Lipinski definition) is 7. The van der Waals surface area contributed by atoms with Crippen LogP contribution in [0, 0.1) is 0 Å². The summed E-state index contributed by atoms with van der Waals surface area (Å²) in [6.07, 6.45) is 0. The smallest absolute Gasteiger partial charge is 0.243 e. The lowest BCUT2D eigenvalue weighted by atomic mass is 10.2. The van der Waals surface area contributed by atoms with Crippen molar-refractivity contribution in [1.82, 2.24) is 4.31 Å². The Morgan fingerprint density at radius 3 is 2.40 bits per heavy atom. The third kappa shape index (κ3) is 6.10. The van der Waals surface area contributed by atoms with Gasteiger partial charge in [0.2, 0.25) is 15.9 Å². The Morgan fingerprint density at radius 2 is 1.66 bits per heavy atom. The molecule has 0 aromatic heterocycles. The summed E-state index contributed by atoms with van der Waals surface area (Å²) in [4.78, 5) is 12.7. The zero-order valence-corrected chi connectivity index (χ0v) is 20.1. The van der Waals surface area contributed by atoms with Crippen LogP contribution in [0.3, 0.4) is 0 Å². The number of ether oxygens (including phenoxy) is 3. The molecule has 4 rings (SSSR count). The van der Waals surface area contributed by atoms with Crippen LogP contribution >= 0.6 is 0 Å². The third-order valence-electron chi connectivity index (χ3n) is 5.35. The van der Waals surface area contributed by atoms with Gasteiger partial charge in [-0.15, -0.1) is 0 Å². The number of sulfonamides is 1. The van der Waals surface area contributed by atoms with Gasteiger partial charge in [0, 0.05) is 13.1 Å². The number of methoxy groups -OCH3 is 1. The van der Waals surface area contributed by atoms with Gasteiger partial charge in [-0.3, -0.25) is 4.79 Å². The van der Waals surface area contributed by atoms with Gasteiger partial charge in [0.05, 0.1) is 43.1 Å². The number of hydrogen-bond donors (Lipinski definition) is 2. The molecular weight excluding hydrogens is 470 g/mol. The van der Waals surface area contributed by atoms with E-state index in [4.69, 9.17) is 14.2 Å². The fraction of sp³-hybridized carbons (Fsp3) is 0.240. The van der Waals surface area contributed by atoms with E-state index in [9.17, 15) is 13.2 Å². The molecular formula is C25H27N3O6S. The molecule has 0 saturated carbocycles. The van der Waals surface area contributed by atoms with E-state index >= 15 is 0 Å². The molecule has 35 heavy (non-hydrogen) atoms. The van der Waals surface area contributed by atoms with Gasteiger partial charge in [-0.2, -0.15) is 4.31 Å². The fourth-order valence-electron chi connectivity index (χ4n) is 3.57. The molecule has 1 heterocycles. The van der Waals surface area contributed by atoms with E-state index in [1.54, 1.807) is 42.5 Å². The molecule has 1 fully saturated rings. The second-order valence-electron chi connectivity index (χ2n) is 7.69.